The van der Waals surface area contributed by atoms with E-state index in [0.717, 1.165) is 26.2 Å². The number of ether oxygens (including phenoxy) is 1. The summed E-state index contributed by atoms with van der Waals surface area (Å²) in [4.78, 5) is 2.56. The Balaban J connectivity index is 2.35. The summed E-state index contributed by atoms with van der Waals surface area (Å²) in [5.41, 5.74) is 0. The summed E-state index contributed by atoms with van der Waals surface area (Å²) in [6.45, 7) is 12.1. The molecular formula is C16H34N2O. The molecule has 19 heavy (non-hydrogen) atoms. The Kier molecular flexibility index (Phi) is 9.48. The minimum absolute atomic E-state index is 0.391. The number of hydrogen-bond acceptors (Lipinski definition) is 3. The number of morpholine rings is 1. The molecule has 0 aliphatic carbocycles. The molecule has 1 heterocycles. The number of hydrogen-bond donors (Lipinski definition) is 1. The van der Waals surface area contributed by atoms with Gasteiger partial charge in [-0.25, -0.2) is 0 Å². The van der Waals surface area contributed by atoms with Crippen molar-refractivity contribution in [2.75, 3.05) is 32.8 Å². The second-order valence-electron chi connectivity index (χ2n) is 5.72. The molecule has 0 aromatic heterocycles. The third-order valence-electron chi connectivity index (χ3n) is 4.00. The second-order valence-corrected chi connectivity index (χ2v) is 5.72. The van der Waals surface area contributed by atoms with E-state index >= 15 is 0 Å². The summed E-state index contributed by atoms with van der Waals surface area (Å²) in [5.74, 6) is 0. The SMILES string of the molecule is CCCCCCC(NCC)C1CN(CCC)CCO1. The lowest BCUT2D eigenvalue weighted by molar-refractivity contribution is -0.0476. The van der Waals surface area contributed by atoms with Gasteiger partial charge in [-0.05, 0) is 25.9 Å². The zero-order valence-electron chi connectivity index (χ0n) is 13.3. The molecule has 1 N–H and O–H groups in total. The highest BCUT2D eigenvalue weighted by molar-refractivity contribution is 4.82. The first-order valence-electron chi connectivity index (χ1n) is 8.39. The summed E-state index contributed by atoms with van der Waals surface area (Å²) in [7, 11) is 0. The van der Waals surface area contributed by atoms with Crippen LogP contribution in [0.3, 0.4) is 0 Å². The minimum atomic E-state index is 0.391. The Morgan fingerprint density at radius 3 is 2.68 bits per heavy atom. The highest BCUT2D eigenvalue weighted by atomic mass is 16.5. The van der Waals surface area contributed by atoms with Gasteiger partial charge in [0, 0.05) is 19.1 Å². The van der Waals surface area contributed by atoms with Crippen molar-refractivity contribution >= 4 is 0 Å². The minimum Gasteiger partial charge on any atom is -0.374 e. The number of likely N-dealkylation sites (N-methyl/N-ethyl adjacent to an activating group) is 1. The lowest BCUT2D eigenvalue weighted by atomic mass is 10.0. The highest BCUT2D eigenvalue weighted by Crippen LogP contribution is 2.15. The molecule has 1 aliphatic rings. The summed E-state index contributed by atoms with van der Waals surface area (Å²) < 4.78 is 6.02. The number of rotatable bonds is 10. The molecule has 0 bridgehead atoms. The zero-order chi connectivity index (χ0) is 13.9. The van der Waals surface area contributed by atoms with E-state index < -0.39 is 0 Å². The molecule has 1 aliphatic heterocycles. The largest absolute Gasteiger partial charge is 0.374 e. The van der Waals surface area contributed by atoms with Gasteiger partial charge in [0.25, 0.3) is 0 Å². The van der Waals surface area contributed by atoms with Crippen LogP contribution in [-0.2, 0) is 4.74 Å². The lowest BCUT2D eigenvalue weighted by Gasteiger charge is -2.37. The molecule has 114 valence electrons. The van der Waals surface area contributed by atoms with Crippen molar-refractivity contribution in [3.63, 3.8) is 0 Å². The average molecular weight is 270 g/mol. The maximum atomic E-state index is 6.02. The second kappa shape index (κ2) is 10.6. The van der Waals surface area contributed by atoms with E-state index in [2.05, 4.69) is 31.0 Å². The van der Waals surface area contributed by atoms with Crippen molar-refractivity contribution in [3.8, 4) is 0 Å². The maximum Gasteiger partial charge on any atom is 0.0855 e. The molecule has 0 saturated carbocycles. The Bertz CT molecular complexity index is 209. The summed E-state index contributed by atoms with van der Waals surface area (Å²) in [6.07, 6.45) is 8.28. The maximum absolute atomic E-state index is 6.02. The number of nitrogens with zero attached hydrogens (tertiary/aromatic N) is 1. The van der Waals surface area contributed by atoms with Gasteiger partial charge in [-0.15, -0.1) is 0 Å². The van der Waals surface area contributed by atoms with E-state index in [4.69, 9.17) is 4.74 Å². The van der Waals surface area contributed by atoms with Crippen LogP contribution in [0.5, 0.6) is 0 Å². The normalized spacial score (nSPS) is 22.6. The molecule has 0 aromatic rings. The van der Waals surface area contributed by atoms with Gasteiger partial charge in [-0.2, -0.15) is 0 Å². The molecule has 1 fully saturated rings. The Morgan fingerprint density at radius 2 is 2.00 bits per heavy atom. The van der Waals surface area contributed by atoms with E-state index in [1.807, 2.05) is 0 Å². The van der Waals surface area contributed by atoms with Crippen molar-refractivity contribution in [2.45, 2.75) is 71.4 Å². The van der Waals surface area contributed by atoms with Crippen molar-refractivity contribution < 1.29 is 4.74 Å². The number of unbranched alkanes of at least 4 members (excludes halogenated alkanes) is 3. The first-order chi connectivity index (χ1) is 9.31. The van der Waals surface area contributed by atoms with Gasteiger partial charge in [-0.3, -0.25) is 4.90 Å². The molecule has 1 saturated heterocycles. The van der Waals surface area contributed by atoms with Crippen LogP contribution in [-0.4, -0.2) is 49.8 Å². The Labute approximate surface area is 120 Å². The molecule has 0 amide bonds. The summed E-state index contributed by atoms with van der Waals surface area (Å²) in [5, 5.41) is 3.64. The first-order valence-corrected chi connectivity index (χ1v) is 8.39. The number of nitrogens with one attached hydrogen (secondary N) is 1. The summed E-state index contributed by atoms with van der Waals surface area (Å²) >= 11 is 0. The predicted octanol–water partition coefficient (Wildman–Crippen LogP) is 3.05. The standard InChI is InChI=1S/C16H34N2O/c1-4-7-8-9-10-15(17-6-3)16-14-18(11-5-2)12-13-19-16/h15-17H,4-14H2,1-3H3. The van der Waals surface area contributed by atoms with Gasteiger partial charge in [-0.1, -0.05) is 46.5 Å². The van der Waals surface area contributed by atoms with Gasteiger partial charge in [0.2, 0.25) is 0 Å². The quantitative estimate of drug-likeness (QED) is 0.618. The van der Waals surface area contributed by atoms with Crippen molar-refractivity contribution in [1.82, 2.24) is 10.2 Å². The Hall–Kier alpha value is -0.120. The molecule has 0 spiro atoms. The van der Waals surface area contributed by atoms with E-state index in [-0.39, 0.29) is 0 Å². The lowest BCUT2D eigenvalue weighted by Crippen LogP contribution is -2.52. The highest BCUT2D eigenvalue weighted by Gasteiger charge is 2.26. The summed E-state index contributed by atoms with van der Waals surface area (Å²) in [6, 6.07) is 0.543. The third-order valence-corrected chi connectivity index (χ3v) is 4.00. The fourth-order valence-electron chi connectivity index (χ4n) is 2.97. The van der Waals surface area contributed by atoms with E-state index in [1.54, 1.807) is 0 Å². The average Bonchev–Trinajstić information content (AvgIpc) is 2.43. The van der Waals surface area contributed by atoms with Crippen LogP contribution in [0.1, 0.15) is 59.3 Å². The van der Waals surface area contributed by atoms with Gasteiger partial charge in [0.15, 0.2) is 0 Å². The third kappa shape index (κ3) is 6.73. The molecule has 3 heteroatoms. The van der Waals surface area contributed by atoms with Gasteiger partial charge in [0.05, 0.1) is 12.7 Å². The van der Waals surface area contributed by atoms with Crippen molar-refractivity contribution in [2.24, 2.45) is 0 Å². The van der Waals surface area contributed by atoms with Crippen LogP contribution in [0, 0.1) is 0 Å². The fraction of sp³-hybridized carbons (Fsp3) is 1.00. The monoisotopic (exact) mass is 270 g/mol. The molecule has 0 radical (unpaired) electrons. The van der Waals surface area contributed by atoms with E-state index in [0.29, 0.717) is 12.1 Å². The van der Waals surface area contributed by atoms with E-state index in [1.165, 1.54) is 45.1 Å². The van der Waals surface area contributed by atoms with Gasteiger partial charge in [0.1, 0.15) is 0 Å². The molecule has 0 aromatic carbocycles. The molecule has 3 nitrogen and oxygen atoms in total. The zero-order valence-corrected chi connectivity index (χ0v) is 13.3. The van der Waals surface area contributed by atoms with Crippen LogP contribution in [0.2, 0.25) is 0 Å². The van der Waals surface area contributed by atoms with Gasteiger partial charge >= 0.3 is 0 Å². The van der Waals surface area contributed by atoms with Crippen LogP contribution >= 0.6 is 0 Å². The van der Waals surface area contributed by atoms with Crippen molar-refractivity contribution in [1.29, 1.82) is 0 Å². The van der Waals surface area contributed by atoms with E-state index in [9.17, 15) is 0 Å². The molecular weight excluding hydrogens is 236 g/mol. The van der Waals surface area contributed by atoms with Crippen LogP contribution < -0.4 is 5.32 Å². The first kappa shape index (κ1) is 16.9. The molecule has 2 atom stereocenters. The predicted molar refractivity (Wildman–Crippen MR) is 82.7 cm³/mol. The van der Waals surface area contributed by atoms with Crippen molar-refractivity contribution in [3.05, 3.63) is 0 Å². The van der Waals surface area contributed by atoms with Crippen LogP contribution in [0.15, 0.2) is 0 Å². The molecule has 2 unspecified atom stereocenters. The molecule has 1 rings (SSSR count). The van der Waals surface area contributed by atoms with Gasteiger partial charge < -0.3 is 10.1 Å². The topological polar surface area (TPSA) is 24.5 Å². The van der Waals surface area contributed by atoms with Crippen LogP contribution in [0.25, 0.3) is 0 Å². The van der Waals surface area contributed by atoms with Crippen LogP contribution in [0.4, 0.5) is 0 Å². The Morgan fingerprint density at radius 1 is 1.16 bits per heavy atom. The smallest absolute Gasteiger partial charge is 0.0855 e. The fourth-order valence-corrected chi connectivity index (χ4v) is 2.97.